The predicted molar refractivity (Wildman–Crippen MR) is 115 cm³/mol. The third-order valence-corrected chi connectivity index (χ3v) is 7.87. The van der Waals surface area contributed by atoms with Crippen molar-refractivity contribution < 1.29 is 19.4 Å². The van der Waals surface area contributed by atoms with Crippen LogP contribution in [0.5, 0.6) is 0 Å². The Balaban J connectivity index is 1.93. The number of anilines is 1. The van der Waals surface area contributed by atoms with Crippen molar-refractivity contribution in [1.82, 2.24) is 0 Å². The Morgan fingerprint density at radius 3 is 2.48 bits per heavy atom. The molecule has 2 aliphatic rings. The summed E-state index contributed by atoms with van der Waals surface area (Å²) >= 11 is 3.61. The number of thiophene rings is 1. The molecule has 0 spiro atoms. The Morgan fingerprint density at radius 2 is 1.89 bits per heavy atom. The number of aliphatic hydroxyl groups excluding tert-OH is 1. The summed E-state index contributed by atoms with van der Waals surface area (Å²) in [6.07, 6.45) is 6.17. The first-order valence-corrected chi connectivity index (χ1v) is 11.7. The number of esters is 1. The van der Waals surface area contributed by atoms with Crippen LogP contribution in [0.4, 0.5) is 5.69 Å². The highest BCUT2D eigenvalue weighted by atomic mass is 127. The number of methoxy groups -OCH3 is 1. The Morgan fingerprint density at radius 1 is 1.26 bits per heavy atom. The van der Waals surface area contributed by atoms with E-state index in [4.69, 9.17) is 4.74 Å². The summed E-state index contributed by atoms with van der Waals surface area (Å²) in [6.45, 7) is 2.27. The van der Waals surface area contributed by atoms with E-state index in [1.165, 1.54) is 18.4 Å². The van der Waals surface area contributed by atoms with Crippen molar-refractivity contribution in [2.24, 2.45) is 11.8 Å². The molecule has 1 aromatic heterocycles. The van der Waals surface area contributed by atoms with Crippen LogP contribution in [0.2, 0.25) is 0 Å². The molecule has 0 unspecified atom stereocenters. The molecule has 0 radical (unpaired) electrons. The fourth-order valence-electron chi connectivity index (χ4n) is 4.35. The number of carbonyl (C=O) groups is 2. The van der Waals surface area contributed by atoms with E-state index in [1.807, 2.05) is 11.0 Å². The number of aliphatic hydroxyl groups is 1. The number of halogens is 1. The van der Waals surface area contributed by atoms with E-state index in [-0.39, 0.29) is 17.9 Å². The number of hydrogen-bond donors (Lipinski definition) is 1. The van der Waals surface area contributed by atoms with Gasteiger partial charge in [0, 0.05) is 24.8 Å². The van der Waals surface area contributed by atoms with Gasteiger partial charge in [-0.1, -0.05) is 19.8 Å². The van der Waals surface area contributed by atoms with Gasteiger partial charge in [-0.25, -0.2) is 4.79 Å². The maximum absolute atomic E-state index is 12.4. The lowest BCUT2D eigenvalue weighted by molar-refractivity contribution is -0.120. The van der Waals surface area contributed by atoms with Crippen LogP contribution >= 0.6 is 33.9 Å². The average Bonchev–Trinajstić information content (AvgIpc) is 3.04. The van der Waals surface area contributed by atoms with E-state index in [9.17, 15) is 14.7 Å². The largest absolute Gasteiger partial charge is 0.465 e. The molecular formula is C20H28INO4S. The number of carbonyl (C=O) groups excluding carboxylic acids is 2. The third-order valence-electron chi connectivity index (χ3n) is 6.00. The van der Waals surface area contributed by atoms with Crippen LogP contribution in [0, 0.1) is 14.7 Å². The molecular weight excluding hydrogens is 477 g/mol. The average molecular weight is 505 g/mol. The molecule has 0 saturated heterocycles. The Kier molecular flexibility index (Phi) is 7.19. The van der Waals surface area contributed by atoms with Gasteiger partial charge in [0.1, 0.15) is 16.9 Å². The molecule has 0 aliphatic heterocycles. The Labute approximate surface area is 178 Å². The molecule has 0 aromatic carbocycles. The van der Waals surface area contributed by atoms with E-state index in [2.05, 4.69) is 29.5 Å². The molecule has 1 N–H and O–H groups in total. The van der Waals surface area contributed by atoms with Crippen molar-refractivity contribution in [3.05, 3.63) is 13.8 Å². The van der Waals surface area contributed by atoms with Gasteiger partial charge < -0.3 is 14.7 Å². The van der Waals surface area contributed by atoms with E-state index in [0.717, 1.165) is 47.1 Å². The van der Waals surface area contributed by atoms with Gasteiger partial charge in [-0.3, -0.25) is 4.79 Å². The SMILES string of the molecule is COC(=O)c1sc(I)cc1N(C1CCC(=O)CC1)[C@H](O)C1CCC(C)CC1. The summed E-state index contributed by atoms with van der Waals surface area (Å²) in [7, 11) is 1.39. The summed E-state index contributed by atoms with van der Waals surface area (Å²) in [5, 5.41) is 11.4. The minimum atomic E-state index is -0.635. The fourth-order valence-corrected chi connectivity index (χ4v) is 6.11. The highest BCUT2D eigenvalue weighted by Crippen LogP contribution is 2.40. The predicted octanol–water partition coefficient (Wildman–Crippen LogP) is 4.60. The summed E-state index contributed by atoms with van der Waals surface area (Å²) in [4.78, 5) is 26.7. The number of Topliss-reactive ketones (excluding diaryl/α,β-unsaturated/α-hetero) is 1. The van der Waals surface area contributed by atoms with Gasteiger partial charge in [0.15, 0.2) is 0 Å². The van der Waals surface area contributed by atoms with Crippen LogP contribution in [-0.4, -0.2) is 36.2 Å². The fraction of sp³-hybridized carbons (Fsp3) is 0.700. The summed E-state index contributed by atoms with van der Waals surface area (Å²) in [6, 6.07) is 2.05. The number of ether oxygens (including phenoxy) is 1. The van der Waals surface area contributed by atoms with Gasteiger partial charge in [-0.15, -0.1) is 11.3 Å². The van der Waals surface area contributed by atoms with E-state index < -0.39 is 6.23 Å². The zero-order valence-electron chi connectivity index (χ0n) is 15.9. The first-order chi connectivity index (χ1) is 12.9. The lowest BCUT2D eigenvalue weighted by Crippen LogP contribution is -2.49. The number of rotatable bonds is 5. The lowest BCUT2D eigenvalue weighted by atomic mass is 9.81. The van der Waals surface area contributed by atoms with Crippen molar-refractivity contribution in [2.45, 2.75) is 70.6 Å². The molecule has 2 saturated carbocycles. The van der Waals surface area contributed by atoms with Gasteiger partial charge in [0.05, 0.1) is 15.7 Å². The Bertz CT molecular complexity index is 674. The third kappa shape index (κ3) is 4.85. The van der Waals surface area contributed by atoms with Gasteiger partial charge in [0.25, 0.3) is 0 Å². The van der Waals surface area contributed by atoms with Crippen LogP contribution in [0.25, 0.3) is 0 Å². The Hall–Kier alpha value is -0.670. The summed E-state index contributed by atoms with van der Waals surface area (Å²) < 4.78 is 5.98. The molecule has 0 amide bonds. The first-order valence-electron chi connectivity index (χ1n) is 9.76. The molecule has 27 heavy (non-hydrogen) atoms. The minimum Gasteiger partial charge on any atom is -0.465 e. The monoisotopic (exact) mass is 505 g/mol. The van der Waals surface area contributed by atoms with Gasteiger partial charge in [-0.2, -0.15) is 0 Å². The second-order valence-electron chi connectivity index (χ2n) is 7.87. The van der Waals surface area contributed by atoms with Crippen LogP contribution < -0.4 is 4.90 Å². The lowest BCUT2D eigenvalue weighted by Gasteiger charge is -2.43. The summed E-state index contributed by atoms with van der Waals surface area (Å²) in [5.74, 6) is 0.836. The molecule has 1 atom stereocenters. The number of nitrogens with zero attached hydrogens (tertiary/aromatic N) is 1. The molecule has 3 rings (SSSR count). The van der Waals surface area contributed by atoms with Crippen LogP contribution in [0.1, 0.15) is 68.0 Å². The van der Waals surface area contributed by atoms with Gasteiger partial charge >= 0.3 is 5.97 Å². The van der Waals surface area contributed by atoms with Gasteiger partial charge in [0.2, 0.25) is 0 Å². The van der Waals surface area contributed by atoms with Crippen molar-refractivity contribution in [2.75, 3.05) is 12.0 Å². The maximum atomic E-state index is 12.4. The molecule has 7 heteroatoms. The van der Waals surface area contributed by atoms with Crippen LogP contribution in [0.15, 0.2) is 6.07 Å². The first kappa shape index (κ1) is 21.0. The maximum Gasteiger partial charge on any atom is 0.350 e. The van der Waals surface area contributed by atoms with Crippen molar-refractivity contribution in [3.63, 3.8) is 0 Å². The summed E-state index contributed by atoms with van der Waals surface area (Å²) in [5.41, 5.74) is 0.765. The molecule has 1 heterocycles. The highest BCUT2D eigenvalue weighted by Gasteiger charge is 2.37. The highest BCUT2D eigenvalue weighted by molar-refractivity contribution is 14.1. The van der Waals surface area contributed by atoms with Crippen molar-refractivity contribution in [1.29, 1.82) is 0 Å². The van der Waals surface area contributed by atoms with E-state index in [0.29, 0.717) is 29.4 Å². The zero-order valence-corrected chi connectivity index (χ0v) is 18.9. The smallest absolute Gasteiger partial charge is 0.350 e. The number of hydrogen-bond acceptors (Lipinski definition) is 6. The van der Waals surface area contributed by atoms with E-state index >= 15 is 0 Å². The molecule has 0 bridgehead atoms. The molecule has 1 aromatic rings. The zero-order chi connectivity index (χ0) is 19.6. The molecule has 150 valence electrons. The quantitative estimate of drug-likeness (QED) is 0.360. The number of ketones is 1. The van der Waals surface area contributed by atoms with Crippen molar-refractivity contribution >= 4 is 51.4 Å². The normalized spacial score (nSPS) is 25.3. The van der Waals surface area contributed by atoms with Gasteiger partial charge in [-0.05, 0) is 60.3 Å². The second kappa shape index (κ2) is 9.22. The molecule has 5 nitrogen and oxygen atoms in total. The van der Waals surface area contributed by atoms with Crippen LogP contribution in [0.3, 0.4) is 0 Å². The van der Waals surface area contributed by atoms with Crippen molar-refractivity contribution in [3.8, 4) is 0 Å². The molecule has 2 aliphatic carbocycles. The van der Waals surface area contributed by atoms with Crippen LogP contribution in [-0.2, 0) is 9.53 Å². The second-order valence-corrected chi connectivity index (χ2v) is 10.8. The standard InChI is InChI=1S/C20H28INO4S/c1-12-3-5-13(6-4-12)19(24)22(14-7-9-15(23)10-8-14)16-11-17(21)27-18(16)20(25)26-2/h11-14,19,24H,3-10H2,1-2H3/t12?,13?,19-/m1/s1. The molecule has 2 fully saturated rings. The minimum absolute atomic E-state index is 0.0749. The topological polar surface area (TPSA) is 66.8 Å². The van der Waals surface area contributed by atoms with E-state index in [1.54, 1.807) is 0 Å².